The molecule has 0 aromatic heterocycles. The van der Waals surface area contributed by atoms with Crippen molar-refractivity contribution in [1.29, 1.82) is 0 Å². The molecule has 2 aromatic carbocycles. The average molecular weight is 850 g/mol. The Morgan fingerprint density at radius 3 is 2.26 bits per heavy atom. The van der Waals surface area contributed by atoms with E-state index in [4.69, 9.17) is 18.9 Å². The third-order valence-corrected chi connectivity index (χ3v) is 11.2. The molecule has 0 spiro atoms. The maximum atomic E-state index is 14.8. The van der Waals surface area contributed by atoms with Crippen LogP contribution >= 0.6 is 0 Å². The molecular weight excluding hydrogens is 807 g/mol. The van der Waals surface area contributed by atoms with Crippen LogP contribution in [0.25, 0.3) is 0 Å². The van der Waals surface area contributed by atoms with Gasteiger partial charge in [-0.2, -0.15) is 0 Å². The Morgan fingerprint density at radius 1 is 1.02 bits per heavy atom. The molecule has 3 fully saturated rings. The van der Waals surface area contributed by atoms with Gasteiger partial charge in [-0.3, -0.25) is 4.79 Å². The number of hydrogen-bond acceptors (Lipinski definition) is 10. The monoisotopic (exact) mass is 849 g/mol. The molecule has 245 valence electrons. The minimum atomic E-state index is -2.02. The first-order valence-electron chi connectivity index (χ1n) is 15.4. The Balaban J connectivity index is 0.00000417. The van der Waals surface area contributed by atoms with E-state index in [0.717, 1.165) is 5.56 Å². The van der Waals surface area contributed by atoms with Crippen molar-refractivity contribution >= 4 is 11.8 Å². The molecule has 8 unspecified atom stereocenters. The van der Waals surface area contributed by atoms with E-state index in [1.807, 2.05) is 12.1 Å². The Labute approximate surface area is 304 Å². The minimum absolute atomic E-state index is 0. The van der Waals surface area contributed by atoms with E-state index < -0.39 is 70.2 Å². The predicted molar refractivity (Wildman–Crippen MR) is 161 cm³/mol. The Kier molecular flexibility index (Phi) is 9.80. The number of benzene rings is 2. The van der Waals surface area contributed by atoms with E-state index in [0.29, 0.717) is 11.3 Å². The summed E-state index contributed by atoms with van der Waals surface area (Å²) in [5.74, 6) is -2.01. The van der Waals surface area contributed by atoms with Crippen molar-refractivity contribution in [2.75, 3.05) is 13.7 Å². The number of carbonyl (C=O) groups excluding carboxylic acids is 2. The van der Waals surface area contributed by atoms with Gasteiger partial charge in [0, 0.05) is 68.2 Å². The fraction of sp³-hybridized carbons (Fsp3) is 0.543. The van der Waals surface area contributed by atoms with Crippen LogP contribution in [0.2, 0.25) is 0 Å². The largest absolute Gasteiger partial charge is 0.497 e. The third kappa shape index (κ3) is 5.25. The minimum Gasteiger partial charge on any atom is -0.497 e. The second-order valence-corrected chi connectivity index (χ2v) is 13.8. The van der Waals surface area contributed by atoms with Gasteiger partial charge < -0.3 is 39.4 Å². The van der Waals surface area contributed by atoms with Gasteiger partial charge in [-0.1, -0.05) is 44.2 Å². The summed E-state index contributed by atoms with van der Waals surface area (Å²) >= 11 is 0. The second kappa shape index (κ2) is 12.6. The van der Waals surface area contributed by atoms with Gasteiger partial charge in [-0.15, -0.1) is 0 Å². The SMILES string of the molecule is COc1ccc(COC2CC3OCC3(O)C3C(OC(=O)c4ccccc4)C4(O)CC(O)C(C)=C(C(O)C(=O)[C@]23C)C4(C)C)cc1.[Ac]. The molecule has 4 aliphatic rings. The topological polar surface area (TPSA) is 152 Å². The zero-order chi connectivity index (χ0) is 32.5. The summed E-state index contributed by atoms with van der Waals surface area (Å²) in [4.78, 5) is 28.5. The first kappa shape index (κ1) is 35.6. The summed E-state index contributed by atoms with van der Waals surface area (Å²) in [5, 5.41) is 48.2. The Hall–Kier alpha value is -1.68. The third-order valence-electron chi connectivity index (χ3n) is 11.2. The van der Waals surface area contributed by atoms with Gasteiger partial charge in [-0.25, -0.2) is 4.79 Å². The number of carbonyl (C=O) groups is 2. The van der Waals surface area contributed by atoms with Crippen molar-refractivity contribution < 1.29 is 93.0 Å². The average Bonchev–Trinajstić information content (AvgIpc) is 3.01. The number of esters is 1. The van der Waals surface area contributed by atoms with Crippen molar-refractivity contribution in [3.63, 3.8) is 0 Å². The molecule has 2 bridgehead atoms. The van der Waals surface area contributed by atoms with Crippen molar-refractivity contribution in [3.8, 4) is 5.75 Å². The first-order valence-corrected chi connectivity index (χ1v) is 15.4. The molecule has 1 aliphatic heterocycles. The number of fused-ring (bicyclic) bond motifs is 5. The summed E-state index contributed by atoms with van der Waals surface area (Å²) in [6.07, 6.45) is -6.32. The van der Waals surface area contributed by atoms with E-state index in [1.54, 1.807) is 77.3 Å². The molecule has 2 saturated carbocycles. The fourth-order valence-electron chi connectivity index (χ4n) is 8.40. The van der Waals surface area contributed by atoms with Crippen LogP contribution in [0.4, 0.5) is 0 Å². The molecule has 11 heteroatoms. The van der Waals surface area contributed by atoms with E-state index in [1.165, 1.54) is 0 Å². The molecule has 2 aromatic rings. The van der Waals surface area contributed by atoms with Crippen LogP contribution in [0, 0.1) is 60.8 Å². The maximum absolute atomic E-state index is 14.8. The van der Waals surface area contributed by atoms with Gasteiger partial charge in [0.15, 0.2) is 5.78 Å². The van der Waals surface area contributed by atoms with Crippen LogP contribution in [-0.2, 0) is 25.6 Å². The molecule has 1 heterocycles. The van der Waals surface area contributed by atoms with Crippen molar-refractivity contribution in [2.24, 2.45) is 16.7 Å². The van der Waals surface area contributed by atoms with Crippen LogP contribution in [0.3, 0.4) is 0 Å². The predicted octanol–water partition coefficient (Wildman–Crippen LogP) is 2.74. The molecule has 3 aliphatic carbocycles. The zero-order valence-corrected chi connectivity index (χ0v) is 31.5. The number of hydrogen-bond donors (Lipinski definition) is 4. The fourth-order valence-corrected chi connectivity index (χ4v) is 8.40. The number of ketones is 1. The van der Waals surface area contributed by atoms with E-state index >= 15 is 0 Å². The van der Waals surface area contributed by atoms with Gasteiger partial charge in [0.2, 0.25) is 0 Å². The van der Waals surface area contributed by atoms with Crippen molar-refractivity contribution in [2.45, 2.75) is 88.9 Å². The molecule has 4 N–H and O–H groups in total. The number of rotatable bonds is 6. The summed E-state index contributed by atoms with van der Waals surface area (Å²) in [6, 6.07) is 15.5. The number of aliphatic hydroxyl groups is 4. The van der Waals surface area contributed by atoms with Crippen LogP contribution in [0.5, 0.6) is 5.75 Å². The molecule has 1 radical (unpaired) electrons. The number of ether oxygens (including phenoxy) is 4. The molecular formula is C35H42AcO10. The number of aliphatic hydroxyl groups excluding tert-OH is 2. The molecule has 46 heavy (non-hydrogen) atoms. The summed E-state index contributed by atoms with van der Waals surface area (Å²) in [7, 11) is 1.57. The molecule has 0 amide bonds. The number of Topliss-reactive ketones (excluding diaryl/α,β-unsaturated/α-hetero) is 1. The van der Waals surface area contributed by atoms with Gasteiger partial charge in [0.05, 0.1) is 49.6 Å². The van der Waals surface area contributed by atoms with Gasteiger partial charge in [0.25, 0.3) is 0 Å². The van der Waals surface area contributed by atoms with Crippen LogP contribution < -0.4 is 4.74 Å². The maximum Gasteiger partial charge on any atom is 0.338 e. The van der Waals surface area contributed by atoms with Gasteiger partial charge >= 0.3 is 5.97 Å². The van der Waals surface area contributed by atoms with Crippen molar-refractivity contribution in [1.82, 2.24) is 0 Å². The van der Waals surface area contributed by atoms with Crippen LogP contribution in [0.1, 0.15) is 56.5 Å². The van der Waals surface area contributed by atoms with E-state index in [2.05, 4.69) is 0 Å². The molecule has 1 saturated heterocycles. The Bertz CT molecular complexity index is 1510. The number of methoxy groups -OCH3 is 1. The normalized spacial score (nSPS) is 37.8. The van der Waals surface area contributed by atoms with E-state index in [9.17, 15) is 30.0 Å². The zero-order valence-electron chi connectivity index (χ0n) is 26.8. The van der Waals surface area contributed by atoms with E-state index in [-0.39, 0.29) is 81.3 Å². The standard InChI is InChI=1S/C35H42O10.Ac/c1-19-23(36)16-35(41)30(45-31(39)21-9-7-6-8-10-21)28-33(4,29(38)27(37)26(19)32(35,2)3)24(15-25-34(28,40)18-44-25)43-17-20-11-13-22(42-5)14-12-20;/h6-14,23-25,27-28,30,36-37,40-41H,15-18H2,1-5H3;/t23?,24?,25?,27?,28?,30?,33-,34?,35?;/m1./s1. The van der Waals surface area contributed by atoms with Crippen molar-refractivity contribution in [3.05, 3.63) is 76.9 Å². The summed E-state index contributed by atoms with van der Waals surface area (Å²) < 4.78 is 23.8. The summed E-state index contributed by atoms with van der Waals surface area (Å²) in [6.45, 7) is 6.50. The summed E-state index contributed by atoms with van der Waals surface area (Å²) in [5.41, 5.74) is -5.20. The first-order chi connectivity index (χ1) is 21.2. The van der Waals surface area contributed by atoms with Crippen LogP contribution in [-0.4, -0.2) is 87.6 Å². The smallest absolute Gasteiger partial charge is 0.338 e. The van der Waals surface area contributed by atoms with Gasteiger partial charge in [-0.05, 0) is 54.8 Å². The van der Waals surface area contributed by atoms with Gasteiger partial charge in [0.1, 0.15) is 29.2 Å². The quantitative estimate of drug-likeness (QED) is 0.253. The molecule has 10 nitrogen and oxygen atoms in total. The Morgan fingerprint density at radius 2 is 1.67 bits per heavy atom. The molecule has 9 atom stereocenters. The second-order valence-electron chi connectivity index (χ2n) is 13.8. The molecule has 6 rings (SSSR count). The van der Waals surface area contributed by atoms with Crippen LogP contribution in [0.15, 0.2) is 65.7 Å².